The van der Waals surface area contributed by atoms with Gasteiger partial charge >= 0.3 is 0 Å². The van der Waals surface area contributed by atoms with Crippen molar-refractivity contribution in [3.8, 4) is 0 Å². The summed E-state index contributed by atoms with van der Waals surface area (Å²) in [6.07, 6.45) is 0. The summed E-state index contributed by atoms with van der Waals surface area (Å²) in [4.78, 5) is 18.8. The molecule has 0 saturated carbocycles. The normalized spacial score (nSPS) is 10.7. The quantitative estimate of drug-likeness (QED) is 0.910. The van der Waals surface area contributed by atoms with Crippen LogP contribution in [0.2, 0.25) is 0 Å². The van der Waals surface area contributed by atoms with Crippen molar-refractivity contribution < 1.29 is 4.79 Å². The first-order valence-corrected chi connectivity index (χ1v) is 7.57. The van der Waals surface area contributed by atoms with E-state index in [1.165, 1.54) is 11.3 Å². The van der Waals surface area contributed by atoms with Gasteiger partial charge in [-0.1, -0.05) is 29.0 Å². The number of rotatable bonds is 4. The molecule has 2 rings (SSSR count). The average Bonchev–Trinajstić information content (AvgIpc) is 2.78. The molecular weight excluding hydrogens is 284 g/mol. The lowest BCUT2D eigenvalue weighted by atomic mass is 10.2. The van der Waals surface area contributed by atoms with Crippen LogP contribution in [0.5, 0.6) is 0 Å². The van der Waals surface area contributed by atoms with Gasteiger partial charge in [-0.25, -0.2) is 4.98 Å². The number of nitrogens with one attached hydrogen (secondary N) is 1. The number of carbonyl (C=O) groups excluding carboxylic acids is 1. The minimum atomic E-state index is -0.148. The van der Waals surface area contributed by atoms with Crippen molar-refractivity contribution in [2.75, 3.05) is 23.0 Å². The van der Waals surface area contributed by atoms with Gasteiger partial charge in [-0.15, -0.1) is 0 Å². The summed E-state index contributed by atoms with van der Waals surface area (Å²) in [5.74, 6) is 0.123. The van der Waals surface area contributed by atoms with Crippen molar-refractivity contribution in [2.24, 2.45) is 0 Å². The van der Waals surface area contributed by atoms with Crippen LogP contribution in [0.4, 0.5) is 16.6 Å². The van der Waals surface area contributed by atoms with Crippen LogP contribution in [0.3, 0.4) is 0 Å². The second-order valence-electron chi connectivity index (χ2n) is 5.23. The number of amides is 1. The van der Waals surface area contributed by atoms with Gasteiger partial charge in [0.1, 0.15) is 10.7 Å². The lowest BCUT2D eigenvalue weighted by Crippen LogP contribution is -2.26. The summed E-state index contributed by atoms with van der Waals surface area (Å²) in [7, 11) is 1.74. The Morgan fingerprint density at radius 2 is 1.95 bits per heavy atom. The van der Waals surface area contributed by atoms with Crippen molar-refractivity contribution in [1.82, 2.24) is 4.98 Å². The smallest absolute Gasteiger partial charge is 0.272 e. The Labute approximate surface area is 128 Å². The fourth-order valence-electron chi connectivity index (χ4n) is 1.83. The van der Waals surface area contributed by atoms with Gasteiger partial charge in [0, 0.05) is 18.8 Å². The SMILES string of the molecule is Cc1ccc(N(C)C(=O)c2sc(NC(C)C)nc2N)cc1. The largest absolute Gasteiger partial charge is 0.382 e. The third kappa shape index (κ3) is 3.52. The zero-order valence-corrected chi connectivity index (χ0v) is 13.5. The van der Waals surface area contributed by atoms with Crippen molar-refractivity contribution in [3.05, 3.63) is 34.7 Å². The summed E-state index contributed by atoms with van der Waals surface area (Å²) >= 11 is 1.28. The van der Waals surface area contributed by atoms with E-state index in [9.17, 15) is 4.79 Å². The van der Waals surface area contributed by atoms with Gasteiger partial charge in [-0.05, 0) is 32.9 Å². The number of anilines is 3. The van der Waals surface area contributed by atoms with E-state index in [0.29, 0.717) is 10.0 Å². The fourth-order valence-corrected chi connectivity index (χ4v) is 2.84. The zero-order valence-electron chi connectivity index (χ0n) is 12.7. The molecule has 1 amide bonds. The van der Waals surface area contributed by atoms with E-state index >= 15 is 0 Å². The first-order chi connectivity index (χ1) is 9.88. The maximum Gasteiger partial charge on any atom is 0.272 e. The summed E-state index contributed by atoms with van der Waals surface area (Å²) in [5.41, 5.74) is 7.85. The first-order valence-electron chi connectivity index (χ1n) is 6.76. The van der Waals surface area contributed by atoms with Crippen molar-refractivity contribution in [1.29, 1.82) is 0 Å². The Morgan fingerprint density at radius 1 is 1.33 bits per heavy atom. The minimum Gasteiger partial charge on any atom is -0.382 e. The van der Waals surface area contributed by atoms with Crippen LogP contribution in [0.1, 0.15) is 29.1 Å². The number of aryl methyl sites for hydroxylation is 1. The van der Waals surface area contributed by atoms with Gasteiger partial charge in [-0.2, -0.15) is 0 Å². The first kappa shape index (κ1) is 15.3. The van der Waals surface area contributed by atoms with Crippen LogP contribution < -0.4 is 16.0 Å². The lowest BCUT2D eigenvalue weighted by Gasteiger charge is -2.16. The van der Waals surface area contributed by atoms with E-state index in [1.807, 2.05) is 45.0 Å². The minimum absolute atomic E-state index is 0.148. The second-order valence-corrected chi connectivity index (χ2v) is 6.23. The number of nitrogens with two attached hydrogens (primary N) is 1. The molecule has 0 aliphatic carbocycles. The number of thiazole rings is 1. The molecule has 0 bridgehead atoms. The molecule has 0 atom stereocenters. The highest BCUT2D eigenvalue weighted by Gasteiger charge is 2.21. The predicted octanol–water partition coefficient (Wildman–Crippen LogP) is 3.13. The molecule has 0 saturated heterocycles. The van der Waals surface area contributed by atoms with Crippen LogP contribution in [0.15, 0.2) is 24.3 Å². The molecule has 6 heteroatoms. The molecule has 1 aromatic heterocycles. The Morgan fingerprint density at radius 3 is 2.52 bits per heavy atom. The van der Waals surface area contributed by atoms with Crippen LogP contribution in [0.25, 0.3) is 0 Å². The molecule has 0 aliphatic rings. The Bertz CT molecular complexity index is 634. The fraction of sp³-hybridized carbons (Fsp3) is 0.333. The second kappa shape index (κ2) is 6.13. The third-order valence-corrected chi connectivity index (χ3v) is 3.98. The zero-order chi connectivity index (χ0) is 15.6. The summed E-state index contributed by atoms with van der Waals surface area (Å²) in [6.45, 7) is 6.03. The van der Waals surface area contributed by atoms with E-state index in [2.05, 4.69) is 10.3 Å². The molecule has 0 radical (unpaired) electrons. The highest BCUT2D eigenvalue weighted by molar-refractivity contribution is 7.18. The van der Waals surface area contributed by atoms with Crippen LogP contribution in [-0.2, 0) is 0 Å². The van der Waals surface area contributed by atoms with E-state index in [0.717, 1.165) is 11.3 Å². The molecule has 21 heavy (non-hydrogen) atoms. The third-order valence-electron chi connectivity index (χ3n) is 2.99. The molecular formula is C15H20N4OS. The topological polar surface area (TPSA) is 71.2 Å². The van der Waals surface area contributed by atoms with Crippen LogP contribution >= 0.6 is 11.3 Å². The van der Waals surface area contributed by atoms with Crippen molar-refractivity contribution in [2.45, 2.75) is 26.8 Å². The molecule has 1 aromatic carbocycles. The summed E-state index contributed by atoms with van der Waals surface area (Å²) < 4.78 is 0. The van der Waals surface area contributed by atoms with E-state index < -0.39 is 0 Å². The van der Waals surface area contributed by atoms with Crippen LogP contribution in [0, 0.1) is 6.92 Å². The highest BCUT2D eigenvalue weighted by atomic mass is 32.1. The number of hydrogen-bond acceptors (Lipinski definition) is 5. The number of hydrogen-bond donors (Lipinski definition) is 2. The molecule has 0 aliphatic heterocycles. The summed E-state index contributed by atoms with van der Waals surface area (Å²) in [6, 6.07) is 8.02. The van der Waals surface area contributed by atoms with Gasteiger partial charge in [0.25, 0.3) is 5.91 Å². The standard InChI is InChI=1S/C15H20N4OS/c1-9(2)17-15-18-13(16)12(21-15)14(20)19(4)11-7-5-10(3)6-8-11/h5-9H,16H2,1-4H3,(H,17,18). The van der Waals surface area contributed by atoms with E-state index in [1.54, 1.807) is 11.9 Å². The molecule has 0 fully saturated rings. The Kier molecular flexibility index (Phi) is 4.47. The molecule has 0 spiro atoms. The number of carbonyl (C=O) groups is 1. The number of nitrogen functional groups attached to an aromatic ring is 1. The number of benzene rings is 1. The van der Waals surface area contributed by atoms with Crippen molar-refractivity contribution >= 4 is 33.9 Å². The average molecular weight is 304 g/mol. The molecule has 112 valence electrons. The maximum atomic E-state index is 12.5. The lowest BCUT2D eigenvalue weighted by molar-refractivity contribution is 0.0997. The maximum absolute atomic E-state index is 12.5. The van der Waals surface area contributed by atoms with Gasteiger partial charge in [0.2, 0.25) is 0 Å². The molecule has 3 N–H and O–H groups in total. The number of aromatic nitrogens is 1. The van der Waals surface area contributed by atoms with Crippen molar-refractivity contribution in [3.63, 3.8) is 0 Å². The summed E-state index contributed by atoms with van der Waals surface area (Å²) in [5, 5.41) is 3.83. The van der Waals surface area contributed by atoms with Gasteiger partial charge in [-0.3, -0.25) is 4.79 Å². The Balaban J connectivity index is 2.23. The van der Waals surface area contributed by atoms with E-state index in [4.69, 9.17) is 5.73 Å². The van der Waals surface area contributed by atoms with Crippen LogP contribution in [-0.4, -0.2) is 24.0 Å². The monoisotopic (exact) mass is 304 g/mol. The molecule has 2 aromatic rings. The number of nitrogens with zero attached hydrogens (tertiary/aromatic N) is 2. The predicted molar refractivity (Wildman–Crippen MR) is 89.2 cm³/mol. The van der Waals surface area contributed by atoms with Gasteiger partial charge < -0.3 is 16.0 Å². The van der Waals surface area contributed by atoms with Gasteiger partial charge in [0.15, 0.2) is 5.13 Å². The Hall–Kier alpha value is -2.08. The van der Waals surface area contributed by atoms with Gasteiger partial charge in [0.05, 0.1) is 0 Å². The highest BCUT2D eigenvalue weighted by Crippen LogP contribution is 2.28. The van der Waals surface area contributed by atoms with E-state index in [-0.39, 0.29) is 17.8 Å². The molecule has 0 unspecified atom stereocenters. The molecule has 5 nitrogen and oxygen atoms in total. The molecule has 1 heterocycles.